The van der Waals surface area contributed by atoms with E-state index in [-0.39, 0.29) is 0 Å². The molecule has 0 aliphatic rings. The van der Waals surface area contributed by atoms with Gasteiger partial charge in [0, 0.05) is 12.6 Å². The number of hydrogen-bond acceptors (Lipinski definition) is 2. The van der Waals surface area contributed by atoms with Gasteiger partial charge in [0.15, 0.2) is 6.19 Å². The average Bonchev–Trinajstić information content (AvgIpc) is 2.17. The number of nitriles is 1. The zero-order valence-electron chi connectivity index (χ0n) is 6.99. The van der Waals surface area contributed by atoms with Crippen molar-refractivity contribution >= 4 is 5.91 Å². The summed E-state index contributed by atoms with van der Waals surface area (Å²) in [6.07, 6.45) is 1.67. The molecule has 0 N–H and O–H groups in total. The van der Waals surface area contributed by atoms with Gasteiger partial charge in [0.2, 0.25) is 0 Å². The molecule has 0 radical (unpaired) electrons. The Kier molecular flexibility index (Phi) is 2.60. The Labute approximate surface area is 75.0 Å². The van der Waals surface area contributed by atoms with Crippen LogP contribution in [0.4, 0.5) is 4.39 Å². The van der Waals surface area contributed by atoms with Crippen molar-refractivity contribution < 1.29 is 9.18 Å². The molecule has 0 aliphatic heterocycles. The van der Waals surface area contributed by atoms with E-state index in [1.165, 1.54) is 31.3 Å². The molecule has 1 aromatic rings. The number of nitrogens with zero attached hydrogens (tertiary/aromatic N) is 2. The molecule has 0 aromatic heterocycles. The molecule has 0 spiro atoms. The Hall–Kier alpha value is -1.89. The van der Waals surface area contributed by atoms with E-state index in [1.807, 2.05) is 0 Å². The Bertz CT molecular complexity index is 353. The number of carbonyl (C=O) groups excluding carboxylic acids is 1. The summed E-state index contributed by atoms with van der Waals surface area (Å²) in [6, 6.07) is 5.04. The predicted molar refractivity (Wildman–Crippen MR) is 44.1 cm³/mol. The number of amides is 1. The van der Waals surface area contributed by atoms with Crippen molar-refractivity contribution in [2.75, 3.05) is 7.05 Å². The van der Waals surface area contributed by atoms with Crippen LogP contribution in [-0.4, -0.2) is 17.9 Å². The molecular weight excluding hydrogens is 171 g/mol. The lowest BCUT2D eigenvalue weighted by Gasteiger charge is -2.05. The van der Waals surface area contributed by atoms with Crippen LogP contribution in [0.2, 0.25) is 0 Å². The van der Waals surface area contributed by atoms with Crippen LogP contribution < -0.4 is 0 Å². The van der Waals surface area contributed by atoms with Gasteiger partial charge in [0.25, 0.3) is 5.91 Å². The van der Waals surface area contributed by atoms with Crippen LogP contribution in [0.3, 0.4) is 0 Å². The monoisotopic (exact) mass is 178 g/mol. The van der Waals surface area contributed by atoms with Crippen molar-refractivity contribution in [3.8, 4) is 6.19 Å². The van der Waals surface area contributed by atoms with Crippen LogP contribution in [0.25, 0.3) is 0 Å². The van der Waals surface area contributed by atoms with Crippen LogP contribution in [0.1, 0.15) is 10.4 Å². The van der Waals surface area contributed by atoms with E-state index in [1.54, 1.807) is 6.19 Å². The molecule has 4 heteroatoms. The molecule has 1 rings (SSSR count). The average molecular weight is 178 g/mol. The number of hydrogen-bond donors (Lipinski definition) is 0. The minimum atomic E-state index is -0.442. The second-order valence-corrected chi connectivity index (χ2v) is 2.47. The van der Waals surface area contributed by atoms with Gasteiger partial charge < -0.3 is 0 Å². The van der Waals surface area contributed by atoms with E-state index in [0.29, 0.717) is 5.56 Å². The molecule has 0 heterocycles. The van der Waals surface area contributed by atoms with Crippen LogP contribution in [0, 0.1) is 17.3 Å². The zero-order valence-corrected chi connectivity index (χ0v) is 6.99. The van der Waals surface area contributed by atoms with Crippen LogP contribution in [0.15, 0.2) is 24.3 Å². The first-order chi connectivity index (χ1) is 6.15. The number of carbonyl (C=O) groups is 1. The van der Waals surface area contributed by atoms with Crippen molar-refractivity contribution in [2.24, 2.45) is 0 Å². The Morgan fingerprint density at radius 3 is 2.46 bits per heavy atom. The van der Waals surface area contributed by atoms with E-state index in [0.717, 1.165) is 4.90 Å². The van der Waals surface area contributed by atoms with E-state index in [4.69, 9.17) is 5.26 Å². The predicted octanol–water partition coefficient (Wildman–Crippen LogP) is 1.38. The highest BCUT2D eigenvalue weighted by Crippen LogP contribution is 2.04. The van der Waals surface area contributed by atoms with Gasteiger partial charge in [-0.25, -0.2) is 9.29 Å². The minimum absolute atomic E-state index is 0.297. The van der Waals surface area contributed by atoms with Crippen LogP contribution in [0.5, 0.6) is 0 Å². The fourth-order valence-corrected chi connectivity index (χ4v) is 0.832. The topological polar surface area (TPSA) is 44.1 Å². The van der Waals surface area contributed by atoms with Crippen LogP contribution in [-0.2, 0) is 0 Å². The summed E-state index contributed by atoms with van der Waals surface area (Å²) in [5.41, 5.74) is 0.297. The quantitative estimate of drug-likeness (QED) is 0.481. The fraction of sp³-hybridized carbons (Fsp3) is 0.111. The van der Waals surface area contributed by atoms with Crippen LogP contribution >= 0.6 is 0 Å². The smallest absolute Gasteiger partial charge is 0.266 e. The number of rotatable bonds is 1. The fourth-order valence-electron chi connectivity index (χ4n) is 0.832. The first-order valence-electron chi connectivity index (χ1n) is 3.58. The highest BCUT2D eigenvalue weighted by Gasteiger charge is 2.09. The van der Waals surface area contributed by atoms with Crippen molar-refractivity contribution in [3.05, 3.63) is 35.6 Å². The number of benzene rings is 1. The summed E-state index contributed by atoms with van der Waals surface area (Å²) >= 11 is 0. The summed E-state index contributed by atoms with van der Waals surface area (Å²) in [5.74, 6) is -0.848. The van der Waals surface area contributed by atoms with Gasteiger partial charge in [-0.1, -0.05) is 0 Å². The molecule has 0 unspecified atom stereocenters. The van der Waals surface area contributed by atoms with Gasteiger partial charge in [0.1, 0.15) is 5.82 Å². The van der Waals surface area contributed by atoms with Crippen molar-refractivity contribution in [1.82, 2.24) is 4.90 Å². The van der Waals surface area contributed by atoms with E-state index in [9.17, 15) is 9.18 Å². The van der Waals surface area contributed by atoms with Gasteiger partial charge in [0.05, 0.1) is 0 Å². The summed E-state index contributed by atoms with van der Waals surface area (Å²) in [6.45, 7) is 0. The molecule has 0 atom stereocenters. The summed E-state index contributed by atoms with van der Waals surface area (Å²) < 4.78 is 12.4. The molecule has 0 saturated heterocycles. The third-order valence-corrected chi connectivity index (χ3v) is 1.55. The Balaban J connectivity index is 2.91. The largest absolute Gasteiger partial charge is 0.268 e. The first-order valence-corrected chi connectivity index (χ1v) is 3.58. The number of halogens is 1. The lowest BCUT2D eigenvalue weighted by atomic mass is 10.2. The Morgan fingerprint density at radius 1 is 1.46 bits per heavy atom. The molecule has 0 saturated carbocycles. The molecule has 0 fully saturated rings. The standard InChI is InChI=1S/C9H7FN2O/c1-12(6-11)9(13)7-2-4-8(10)5-3-7/h2-5H,1H3. The molecule has 1 amide bonds. The highest BCUT2D eigenvalue weighted by molar-refractivity contribution is 5.94. The van der Waals surface area contributed by atoms with E-state index >= 15 is 0 Å². The molecule has 66 valence electrons. The first kappa shape index (κ1) is 9.20. The van der Waals surface area contributed by atoms with Gasteiger partial charge in [-0.3, -0.25) is 4.79 Å². The van der Waals surface area contributed by atoms with E-state index in [2.05, 4.69) is 0 Å². The zero-order chi connectivity index (χ0) is 9.84. The van der Waals surface area contributed by atoms with Crippen molar-refractivity contribution in [2.45, 2.75) is 0 Å². The maximum absolute atomic E-state index is 12.4. The van der Waals surface area contributed by atoms with Gasteiger partial charge in [-0.2, -0.15) is 5.26 Å². The second kappa shape index (κ2) is 3.68. The highest BCUT2D eigenvalue weighted by atomic mass is 19.1. The Morgan fingerprint density at radius 2 is 2.00 bits per heavy atom. The van der Waals surface area contributed by atoms with Gasteiger partial charge in [-0.05, 0) is 24.3 Å². The minimum Gasteiger partial charge on any atom is -0.268 e. The summed E-state index contributed by atoms with van der Waals surface area (Å²) in [7, 11) is 1.35. The molecular formula is C9H7FN2O. The third-order valence-electron chi connectivity index (χ3n) is 1.55. The summed E-state index contributed by atoms with van der Waals surface area (Å²) in [4.78, 5) is 12.2. The maximum Gasteiger partial charge on any atom is 0.266 e. The van der Waals surface area contributed by atoms with Gasteiger partial charge >= 0.3 is 0 Å². The van der Waals surface area contributed by atoms with Crippen molar-refractivity contribution in [1.29, 1.82) is 5.26 Å². The maximum atomic E-state index is 12.4. The summed E-state index contributed by atoms with van der Waals surface area (Å²) in [5, 5.41) is 8.40. The SMILES string of the molecule is CN(C#N)C(=O)c1ccc(F)cc1. The second-order valence-electron chi connectivity index (χ2n) is 2.47. The molecule has 0 bridgehead atoms. The van der Waals surface area contributed by atoms with E-state index < -0.39 is 11.7 Å². The van der Waals surface area contributed by atoms with Gasteiger partial charge in [-0.15, -0.1) is 0 Å². The lowest BCUT2D eigenvalue weighted by Crippen LogP contribution is -2.20. The molecule has 3 nitrogen and oxygen atoms in total. The van der Waals surface area contributed by atoms with Crippen molar-refractivity contribution in [3.63, 3.8) is 0 Å². The normalized spacial score (nSPS) is 9.00. The third kappa shape index (κ3) is 2.03. The molecule has 0 aliphatic carbocycles. The molecule has 1 aromatic carbocycles. The lowest BCUT2D eigenvalue weighted by molar-refractivity contribution is 0.0858. The molecule has 13 heavy (non-hydrogen) atoms.